The predicted molar refractivity (Wildman–Crippen MR) is 211 cm³/mol. The standard InChI is InChI=1S/C42H54ClFN4O6/c1-8-27(2)18-31(20-29(4)44)41(6)23-34(41)39(50)47-32(19-28(3)43)12-11-30(5)54-40-33-21-36(51-7)37(22-35(33)45-26-46-40)53-17-9-10-38(49)48-15-13-42(14-16-48)24-52-25-42/h8,11-12,18,21-22,34,45H,3-4,9-10,13-17,19-20,23-26H2,1-2,5-7H3,(H,47,50). The van der Waals surface area contributed by atoms with Crippen LogP contribution in [0.2, 0.25) is 0 Å². The molecule has 2 N–H and O–H groups in total. The van der Waals surface area contributed by atoms with Crippen LogP contribution in [0.3, 0.4) is 0 Å². The van der Waals surface area contributed by atoms with Crippen LogP contribution in [0.15, 0.2) is 88.0 Å². The maximum absolute atomic E-state index is 13.9. The van der Waals surface area contributed by atoms with Gasteiger partial charge in [-0.2, -0.15) is 0 Å². The van der Waals surface area contributed by atoms with Crippen LogP contribution < -0.4 is 20.1 Å². The van der Waals surface area contributed by atoms with Crippen molar-refractivity contribution >= 4 is 35.0 Å². The SMILES string of the molecule is C=C(F)CC(=CC(C)=CC)C1(C)CC1C(=O)NC(=CC=C(C)OC1=NCNc2cc(OCCCC(=O)N3CCC4(CC3)COC4)c(OC)cc21)CC(=C)Cl. The van der Waals surface area contributed by atoms with Crippen LogP contribution in [0.4, 0.5) is 10.1 Å². The zero-order chi connectivity index (χ0) is 39.0. The average Bonchev–Trinajstić information content (AvgIpc) is 3.83. The molecule has 5 rings (SSSR count). The van der Waals surface area contributed by atoms with Crippen molar-refractivity contribution in [3.05, 3.63) is 88.6 Å². The van der Waals surface area contributed by atoms with Gasteiger partial charge in [-0.05, 0) is 64.7 Å². The van der Waals surface area contributed by atoms with Crippen molar-refractivity contribution in [1.29, 1.82) is 0 Å². The Hall–Kier alpha value is -4.35. The summed E-state index contributed by atoms with van der Waals surface area (Å²) in [5.74, 6) is 1.21. The molecule has 292 valence electrons. The van der Waals surface area contributed by atoms with E-state index in [0.29, 0.717) is 77.4 Å². The van der Waals surface area contributed by atoms with Gasteiger partial charge in [0.2, 0.25) is 17.7 Å². The van der Waals surface area contributed by atoms with E-state index in [2.05, 4.69) is 28.8 Å². The molecule has 2 amide bonds. The minimum Gasteiger partial charge on any atom is -0.493 e. The van der Waals surface area contributed by atoms with Gasteiger partial charge in [-0.1, -0.05) is 55.0 Å². The molecule has 4 aliphatic rings. The number of methoxy groups -OCH3 is 1. The van der Waals surface area contributed by atoms with Gasteiger partial charge in [-0.25, -0.2) is 9.38 Å². The fourth-order valence-corrected chi connectivity index (χ4v) is 7.23. The Morgan fingerprint density at radius 2 is 1.91 bits per heavy atom. The van der Waals surface area contributed by atoms with Gasteiger partial charge < -0.3 is 34.5 Å². The molecule has 2 unspecified atom stereocenters. The Balaban J connectivity index is 1.18. The van der Waals surface area contributed by atoms with Crippen molar-refractivity contribution in [1.82, 2.24) is 10.2 Å². The van der Waals surface area contributed by atoms with Crippen LogP contribution >= 0.6 is 11.6 Å². The lowest BCUT2D eigenvalue weighted by molar-refractivity contribution is -0.153. The molecule has 3 aliphatic heterocycles. The highest BCUT2D eigenvalue weighted by atomic mass is 35.5. The molecule has 0 aromatic heterocycles. The highest BCUT2D eigenvalue weighted by Crippen LogP contribution is 2.59. The van der Waals surface area contributed by atoms with E-state index >= 15 is 0 Å². The number of carbonyl (C=O) groups excluding carboxylic acids is 2. The van der Waals surface area contributed by atoms with Gasteiger partial charge in [0.25, 0.3) is 0 Å². The number of nitrogens with one attached hydrogen (secondary N) is 2. The van der Waals surface area contributed by atoms with Crippen LogP contribution in [-0.4, -0.2) is 69.3 Å². The largest absolute Gasteiger partial charge is 0.493 e. The van der Waals surface area contributed by atoms with Gasteiger partial charge in [-0.3, -0.25) is 9.59 Å². The van der Waals surface area contributed by atoms with Gasteiger partial charge in [0, 0.05) is 65.9 Å². The summed E-state index contributed by atoms with van der Waals surface area (Å²) in [4.78, 5) is 32.8. The van der Waals surface area contributed by atoms with E-state index in [0.717, 1.165) is 56.0 Å². The Labute approximate surface area is 323 Å². The maximum Gasteiger partial charge on any atom is 0.228 e. The molecule has 3 fully saturated rings. The highest BCUT2D eigenvalue weighted by Gasteiger charge is 2.56. The van der Waals surface area contributed by atoms with Crippen molar-refractivity contribution in [2.45, 2.75) is 72.6 Å². The zero-order valence-electron chi connectivity index (χ0n) is 32.2. The van der Waals surface area contributed by atoms with Crippen molar-refractivity contribution in [3.63, 3.8) is 0 Å². The fraction of sp³-hybridized carbons (Fsp3) is 0.500. The number of amides is 2. The Morgan fingerprint density at radius 3 is 2.54 bits per heavy atom. The number of ether oxygens (including phenoxy) is 4. The van der Waals surface area contributed by atoms with Crippen LogP contribution in [0.1, 0.15) is 78.2 Å². The molecule has 2 atom stereocenters. The Morgan fingerprint density at radius 1 is 1.17 bits per heavy atom. The van der Waals surface area contributed by atoms with Crippen LogP contribution in [0.25, 0.3) is 0 Å². The Kier molecular flexibility index (Phi) is 13.5. The van der Waals surface area contributed by atoms with Gasteiger partial charge in [0.1, 0.15) is 12.4 Å². The van der Waals surface area contributed by atoms with Crippen molar-refractivity contribution in [2.75, 3.05) is 52.0 Å². The molecule has 1 aromatic rings. The van der Waals surface area contributed by atoms with E-state index in [9.17, 15) is 14.0 Å². The smallest absolute Gasteiger partial charge is 0.228 e. The van der Waals surface area contributed by atoms with Gasteiger partial charge >= 0.3 is 0 Å². The lowest BCUT2D eigenvalue weighted by Crippen LogP contribution is -2.52. The molecule has 3 heterocycles. The lowest BCUT2D eigenvalue weighted by atomic mass is 9.77. The number of piperidine rings is 1. The van der Waals surface area contributed by atoms with Crippen molar-refractivity contribution < 1.29 is 32.9 Å². The van der Waals surface area contributed by atoms with E-state index in [1.54, 1.807) is 26.2 Å². The zero-order valence-corrected chi connectivity index (χ0v) is 33.0. The number of benzene rings is 1. The molecule has 12 heteroatoms. The summed E-state index contributed by atoms with van der Waals surface area (Å²) in [6.07, 6.45) is 11.3. The Bertz CT molecular complexity index is 1780. The van der Waals surface area contributed by atoms with Crippen LogP contribution in [-0.2, 0) is 19.1 Å². The first-order valence-corrected chi connectivity index (χ1v) is 19.0. The number of likely N-dealkylation sites (tertiary alicyclic amines) is 1. The minimum absolute atomic E-state index is 0.0907. The number of hydrogen-bond donors (Lipinski definition) is 2. The number of nitrogens with zero attached hydrogens (tertiary/aromatic N) is 2. The van der Waals surface area contributed by atoms with Crippen molar-refractivity contribution in [2.24, 2.45) is 21.7 Å². The number of fused-ring (bicyclic) bond motifs is 1. The van der Waals surface area contributed by atoms with Gasteiger partial charge in [0.05, 0.1) is 44.0 Å². The summed E-state index contributed by atoms with van der Waals surface area (Å²) in [6.45, 7) is 18.8. The third kappa shape index (κ3) is 10.2. The number of aliphatic imine (C=N–C) groups is 1. The van der Waals surface area contributed by atoms with E-state index in [1.165, 1.54) is 0 Å². The van der Waals surface area contributed by atoms with Gasteiger partial charge in [0.15, 0.2) is 11.5 Å². The number of rotatable bonds is 16. The number of anilines is 1. The van der Waals surface area contributed by atoms with E-state index in [1.807, 2.05) is 50.0 Å². The summed E-state index contributed by atoms with van der Waals surface area (Å²) < 4.78 is 37.3. The second-order valence-electron chi connectivity index (χ2n) is 15.0. The molecule has 10 nitrogen and oxygen atoms in total. The molecule has 1 spiro atoms. The number of hydrogen-bond acceptors (Lipinski definition) is 8. The maximum atomic E-state index is 13.9. The quantitative estimate of drug-likeness (QED) is 0.0988. The second-order valence-corrected chi connectivity index (χ2v) is 15.5. The summed E-state index contributed by atoms with van der Waals surface area (Å²) in [5, 5.41) is 6.63. The predicted octanol–water partition coefficient (Wildman–Crippen LogP) is 8.48. The second kappa shape index (κ2) is 17.9. The number of carbonyl (C=O) groups is 2. The lowest BCUT2D eigenvalue weighted by Gasteiger charge is -2.47. The molecule has 2 saturated heterocycles. The molecule has 0 bridgehead atoms. The molecule has 0 radical (unpaired) electrons. The topological polar surface area (TPSA) is 111 Å². The van der Waals surface area contributed by atoms with E-state index < -0.39 is 11.2 Å². The van der Waals surface area contributed by atoms with Gasteiger partial charge in [-0.15, -0.1) is 0 Å². The summed E-state index contributed by atoms with van der Waals surface area (Å²) >= 11 is 6.18. The third-order valence-electron chi connectivity index (χ3n) is 10.8. The molecule has 1 aliphatic carbocycles. The van der Waals surface area contributed by atoms with E-state index in [4.69, 9.17) is 30.5 Å². The minimum atomic E-state index is -0.476. The molecule has 1 saturated carbocycles. The highest BCUT2D eigenvalue weighted by molar-refractivity contribution is 6.29. The number of halogens is 2. The first kappa shape index (κ1) is 40.8. The molecular formula is C42H54ClFN4O6. The first-order valence-electron chi connectivity index (χ1n) is 18.6. The molecule has 54 heavy (non-hydrogen) atoms. The summed E-state index contributed by atoms with van der Waals surface area (Å²) in [5.41, 5.74) is 3.68. The molecule has 1 aromatic carbocycles. The molecular weight excluding hydrogens is 711 g/mol. The number of allylic oxidation sites excluding steroid dienone is 9. The fourth-order valence-electron chi connectivity index (χ4n) is 7.08. The third-order valence-corrected chi connectivity index (χ3v) is 10.9. The van der Waals surface area contributed by atoms with E-state index in [-0.39, 0.29) is 30.6 Å². The normalized spacial score (nSPS) is 22.3. The summed E-state index contributed by atoms with van der Waals surface area (Å²) in [7, 11) is 1.57. The van der Waals surface area contributed by atoms with Crippen LogP contribution in [0, 0.1) is 16.7 Å². The first-order chi connectivity index (χ1) is 25.8. The summed E-state index contributed by atoms with van der Waals surface area (Å²) in [6, 6.07) is 3.67. The monoisotopic (exact) mass is 764 g/mol. The van der Waals surface area contributed by atoms with Crippen LogP contribution in [0.5, 0.6) is 11.5 Å². The van der Waals surface area contributed by atoms with Crippen molar-refractivity contribution in [3.8, 4) is 11.5 Å². The average molecular weight is 765 g/mol.